The molecule has 7 nitrogen and oxygen atoms in total. The van der Waals surface area contributed by atoms with Crippen molar-refractivity contribution in [2.24, 2.45) is 5.73 Å². The molecule has 3 rings (SSSR count). The van der Waals surface area contributed by atoms with Gasteiger partial charge in [0, 0.05) is 37.7 Å². The van der Waals surface area contributed by atoms with Crippen LogP contribution < -0.4 is 10.5 Å². The first-order valence-corrected chi connectivity index (χ1v) is 9.64. The number of hydrogen-bond acceptors (Lipinski definition) is 4. The summed E-state index contributed by atoms with van der Waals surface area (Å²) in [5, 5.41) is 0. The highest BCUT2D eigenvalue weighted by atomic mass is 16.5. The maximum atomic E-state index is 13.1. The molecule has 2 saturated heterocycles. The van der Waals surface area contributed by atoms with Gasteiger partial charge in [-0.05, 0) is 50.3 Å². The summed E-state index contributed by atoms with van der Waals surface area (Å²) in [7, 11) is 0. The SMILES string of the molecule is NC(=O)COc1cccc(C(=O)N2CCCC[C@@H]2CCN2CCCC2=O)c1. The lowest BCUT2D eigenvalue weighted by Crippen LogP contribution is -2.45. The minimum atomic E-state index is -0.556. The zero-order chi connectivity index (χ0) is 19.2. The van der Waals surface area contributed by atoms with E-state index in [9.17, 15) is 14.4 Å². The highest BCUT2D eigenvalue weighted by Crippen LogP contribution is 2.24. The van der Waals surface area contributed by atoms with E-state index in [1.165, 1.54) is 0 Å². The normalized spacial score (nSPS) is 20.0. The summed E-state index contributed by atoms with van der Waals surface area (Å²) in [6, 6.07) is 7.00. The first-order valence-electron chi connectivity index (χ1n) is 9.64. The van der Waals surface area contributed by atoms with Crippen molar-refractivity contribution in [3.63, 3.8) is 0 Å². The van der Waals surface area contributed by atoms with E-state index in [2.05, 4.69) is 0 Å². The number of benzene rings is 1. The molecular weight excluding hydrogens is 346 g/mol. The Kier molecular flexibility index (Phi) is 6.32. The lowest BCUT2D eigenvalue weighted by Gasteiger charge is -2.36. The van der Waals surface area contributed by atoms with Gasteiger partial charge < -0.3 is 20.3 Å². The average Bonchev–Trinajstić information content (AvgIpc) is 3.09. The summed E-state index contributed by atoms with van der Waals surface area (Å²) in [4.78, 5) is 39.6. The fourth-order valence-electron chi connectivity index (χ4n) is 3.85. The highest BCUT2D eigenvalue weighted by molar-refractivity contribution is 5.95. The van der Waals surface area contributed by atoms with E-state index in [0.29, 0.717) is 17.7 Å². The van der Waals surface area contributed by atoms with E-state index < -0.39 is 5.91 Å². The monoisotopic (exact) mass is 373 g/mol. The van der Waals surface area contributed by atoms with Crippen LogP contribution in [0.15, 0.2) is 24.3 Å². The van der Waals surface area contributed by atoms with Crippen LogP contribution in [0, 0.1) is 0 Å². The molecule has 2 heterocycles. The first-order chi connectivity index (χ1) is 13.0. The molecule has 3 amide bonds. The van der Waals surface area contributed by atoms with Crippen molar-refractivity contribution in [2.45, 2.75) is 44.6 Å². The van der Waals surface area contributed by atoms with Crippen LogP contribution in [0.25, 0.3) is 0 Å². The van der Waals surface area contributed by atoms with E-state index in [4.69, 9.17) is 10.5 Å². The summed E-state index contributed by atoms with van der Waals surface area (Å²) in [5.41, 5.74) is 5.64. The van der Waals surface area contributed by atoms with Gasteiger partial charge in [0.1, 0.15) is 5.75 Å². The number of carbonyl (C=O) groups is 3. The fourth-order valence-corrected chi connectivity index (χ4v) is 3.85. The van der Waals surface area contributed by atoms with Gasteiger partial charge in [-0.3, -0.25) is 14.4 Å². The zero-order valence-electron chi connectivity index (χ0n) is 15.6. The van der Waals surface area contributed by atoms with E-state index in [-0.39, 0.29) is 24.5 Å². The Bertz CT molecular complexity index is 706. The molecule has 0 aliphatic carbocycles. The van der Waals surface area contributed by atoms with Crippen LogP contribution >= 0.6 is 0 Å². The second kappa shape index (κ2) is 8.88. The van der Waals surface area contributed by atoms with E-state index in [0.717, 1.165) is 51.7 Å². The van der Waals surface area contributed by atoms with Gasteiger partial charge in [0.15, 0.2) is 6.61 Å². The van der Waals surface area contributed by atoms with Crippen LogP contribution in [0.2, 0.25) is 0 Å². The number of piperidine rings is 1. The molecule has 0 unspecified atom stereocenters. The summed E-state index contributed by atoms with van der Waals surface area (Å²) < 4.78 is 5.31. The summed E-state index contributed by atoms with van der Waals surface area (Å²) in [6.07, 6.45) is 5.45. The number of likely N-dealkylation sites (tertiary alicyclic amines) is 2. The molecule has 2 aliphatic heterocycles. The number of hydrogen-bond donors (Lipinski definition) is 1. The van der Waals surface area contributed by atoms with Crippen molar-refractivity contribution in [1.29, 1.82) is 0 Å². The molecule has 0 spiro atoms. The standard InChI is InChI=1S/C20H27N3O4/c21-18(24)14-27-17-7-3-5-15(13-17)20(26)23-11-2-1-6-16(23)9-12-22-10-4-8-19(22)25/h3,5,7,13,16H,1-2,4,6,8-12,14H2,(H2,21,24)/t16-/m1/s1. The minimum Gasteiger partial charge on any atom is -0.484 e. The van der Waals surface area contributed by atoms with Crippen LogP contribution in [0.1, 0.15) is 48.9 Å². The second-order valence-corrected chi connectivity index (χ2v) is 7.20. The zero-order valence-corrected chi connectivity index (χ0v) is 15.6. The van der Waals surface area contributed by atoms with Gasteiger partial charge in [-0.15, -0.1) is 0 Å². The van der Waals surface area contributed by atoms with Crippen molar-refractivity contribution in [3.05, 3.63) is 29.8 Å². The molecule has 146 valence electrons. The molecule has 1 aromatic rings. The summed E-state index contributed by atoms with van der Waals surface area (Å²) in [5.74, 6) is 0.0927. The quantitative estimate of drug-likeness (QED) is 0.785. The molecule has 7 heteroatoms. The van der Waals surface area contributed by atoms with Crippen LogP contribution in [0.3, 0.4) is 0 Å². The maximum absolute atomic E-state index is 13.1. The molecule has 27 heavy (non-hydrogen) atoms. The number of nitrogens with zero attached hydrogens (tertiary/aromatic N) is 2. The minimum absolute atomic E-state index is 0.0306. The third-order valence-electron chi connectivity index (χ3n) is 5.25. The lowest BCUT2D eigenvalue weighted by molar-refractivity contribution is -0.127. The maximum Gasteiger partial charge on any atom is 0.255 e. The van der Waals surface area contributed by atoms with Crippen molar-refractivity contribution in [1.82, 2.24) is 9.80 Å². The predicted octanol–water partition coefficient (Wildman–Crippen LogP) is 1.56. The van der Waals surface area contributed by atoms with Crippen LogP contribution in [0.5, 0.6) is 5.75 Å². The van der Waals surface area contributed by atoms with E-state index in [1.807, 2.05) is 9.80 Å². The van der Waals surface area contributed by atoms with Gasteiger partial charge in [-0.25, -0.2) is 0 Å². The van der Waals surface area contributed by atoms with Gasteiger partial charge in [0.2, 0.25) is 5.91 Å². The third-order valence-corrected chi connectivity index (χ3v) is 5.25. The molecule has 0 saturated carbocycles. The smallest absolute Gasteiger partial charge is 0.255 e. The average molecular weight is 373 g/mol. The topological polar surface area (TPSA) is 92.9 Å². The van der Waals surface area contributed by atoms with E-state index >= 15 is 0 Å². The van der Waals surface area contributed by atoms with Crippen molar-refractivity contribution in [2.75, 3.05) is 26.2 Å². The third kappa shape index (κ3) is 4.99. The van der Waals surface area contributed by atoms with Crippen molar-refractivity contribution >= 4 is 17.7 Å². The summed E-state index contributed by atoms with van der Waals surface area (Å²) in [6.45, 7) is 2.06. The molecule has 2 fully saturated rings. The Morgan fingerprint density at radius 1 is 1.19 bits per heavy atom. The molecule has 2 N–H and O–H groups in total. The molecular formula is C20H27N3O4. The van der Waals surface area contributed by atoms with Gasteiger partial charge >= 0.3 is 0 Å². The Labute approximate surface area is 159 Å². The Balaban J connectivity index is 1.64. The van der Waals surface area contributed by atoms with Gasteiger partial charge in [0.05, 0.1) is 0 Å². The van der Waals surface area contributed by atoms with Gasteiger partial charge in [-0.1, -0.05) is 6.07 Å². The molecule has 0 bridgehead atoms. The van der Waals surface area contributed by atoms with Crippen LogP contribution in [-0.2, 0) is 9.59 Å². The van der Waals surface area contributed by atoms with Crippen LogP contribution in [0.4, 0.5) is 0 Å². The molecule has 1 atom stereocenters. The van der Waals surface area contributed by atoms with Gasteiger partial charge in [-0.2, -0.15) is 0 Å². The largest absolute Gasteiger partial charge is 0.484 e. The number of nitrogens with two attached hydrogens (primary N) is 1. The van der Waals surface area contributed by atoms with E-state index in [1.54, 1.807) is 24.3 Å². The fraction of sp³-hybridized carbons (Fsp3) is 0.550. The van der Waals surface area contributed by atoms with Gasteiger partial charge in [0.25, 0.3) is 11.8 Å². The highest BCUT2D eigenvalue weighted by Gasteiger charge is 2.29. The number of rotatable bonds is 7. The van der Waals surface area contributed by atoms with Crippen molar-refractivity contribution < 1.29 is 19.1 Å². The lowest BCUT2D eigenvalue weighted by atomic mass is 9.98. The first kappa shape index (κ1) is 19.2. The Morgan fingerprint density at radius 2 is 2.04 bits per heavy atom. The molecule has 2 aliphatic rings. The number of ether oxygens (including phenoxy) is 1. The number of carbonyl (C=O) groups excluding carboxylic acids is 3. The summed E-state index contributed by atoms with van der Waals surface area (Å²) >= 11 is 0. The Morgan fingerprint density at radius 3 is 2.78 bits per heavy atom. The van der Waals surface area contributed by atoms with Crippen molar-refractivity contribution in [3.8, 4) is 5.75 Å². The molecule has 1 aromatic carbocycles. The molecule has 0 radical (unpaired) electrons. The Hall–Kier alpha value is -2.57. The number of primary amides is 1. The molecule has 0 aromatic heterocycles. The number of amides is 3. The van der Waals surface area contributed by atoms with Crippen LogP contribution in [-0.4, -0.2) is 59.8 Å². The predicted molar refractivity (Wildman–Crippen MR) is 100 cm³/mol. The second-order valence-electron chi connectivity index (χ2n) is 7.20.